The number of carbonyl (C=O) groups is 1. The Morgan fingerprint density at radius 3 is 2.75 bits per heavy atom. The van der Waals surface area contributed by atoms with Gasteiger partial charge in [0.25, 0.3) is 0 Å². The molecule has 0 aliphatic carbocycles. The molecule has 0 radical (unpaired) electrons. The van der Waals surface area contributed by atoms with E-state index in [0.717, 1.165) is 70.8 Å². The molecular formula is C20H33N5O3. The van der Waals surface area contributed by atoms with Crippen LogP contribution in [0.3, 0.4) is 0 Å². The molecule has 4 rings (SSSR count). The van der Waals surface area contributed by atoms with Crippen molar-refractivity contribution in [3.05, 3.63) is 11.7 Å². The van der Waals surface area contributed by atoms with Gasteiger partial charge in [0.2, 0.25) is 11.8 Å². The number of hydrogen-bond acceptors (Lipinski definition) is 7. The molecule has 156 valence electrons. The molecule has 1 atom stereocenters. The van der Waals surface area contributed by atoms with Gasteiger partial charge < -0.3 is 14.2 Å². The van der Waals surface area contributed by atoms with E-state index < -0.39 is 0 Å². The summed E-state index contributed by atoms with van der Waals surface area (Å²) in [7, 11) is 2.10. The molecule has 0 bridgehead atoms. The van der Waals surface area contributed by atoms with Crippen LogP contribution in [0.2, 0.25) is 0 Å². The van der Waals surface area contributed by atoms with Crippen molar-refractivity contribution >= 4 is 5.91 Å². The predicted octanol–water partition coefficient (Wildman–Crippen LogP) is 1.45. The molecule has 3 aliphatic rings. The first-order chi connectivity index (χ1) is 13.5. The largest absolute Gasteiger partial charge is 0.372 e. The van der Waals surface area contributed by atoms with Gasteiger partial charge in [-0.3, -0.25) is 14.6 Å². The zero-order valence-corrected chi connectivity index (χ0v) is 17.2. The first-order valence-electron chi connectivity index (χ1n) is 10.7. The maximum Gasteiger partial charge on any atom is 0.239 e. The highest BCUT2D eigenvalue weighted by Gasteiger charge is 2.42. The lowest BCUT2D eigenvalue weighted by atomic mass is 9.88. The Kier molecular flexibility index (Phi) is 5.99. The molecular weight excluding hydrogens is 358 g/mol. The number of carbonyl (C=O) groups excluding carboxylic acids is 1. The van der Waals surface area contributed by atoms with Gasteiger partial charge in [-0.15, -0.1) is 0 Å². The number of morpholine rings is 1. The molecule has 8 heteroatoms. The van der Waals surface area contributed by atoms with E-state index >= 15 is 0 Å². The fourth-order valence-electron chi connectivity index (χ4n) is 4.88. The predicted molar refractivity (Wildman–Crippen MR) is 104 cm³/mol. The Hall–Kier alpha value is -1.51. The van der Waals surface area contributed by atoms with Crippen molar-refractivity contribution in [3.8, 4) is 0 Å². The van der Waals surface area contributed by atoms with Crippen LogP contribution < -0.4 is 0 Å². The van der Waals surface area contributed by atoms with Crippen molar-refractivity contribution < 1.29 is 14.1 Å². The molecule has 3 fully saturated rings. The molecule has 1 aromatic heterocycles. The van der Waals surface area contributed by atoms with Crippen LogP contribution in [0.25, 0.3) is 0 Å². The van der Waals surface area contributed by atoms with Crippen molar-refractivity contribution in [1.29, 1.82) is 0 Å². The Bertz CT molecular complexity index is 671. The first-order valence-corrected chi connectivity index (χ1v) is 10.7. The highest BCUT2D eigenvalue weighted by Crippen LogP contribution is 2.31. The number of amides is 1. The Balaban J connectivity index is 1.32. The summed E-state index contributed by atoms with van der Waals surface area (Å²) in [6.07, 6.45) is 6.39. The molecule has 1 amide bonds. The van der Waals surface area contributed by atoms with Crippen LogP contribution in [0, 0.1) is 6.92 Å². The van der Waals surface area contributed by atoms with E-state index in [2.05, 4.69) is 31.9 Å². The second-order valence-corrected chi connectivity index (χ2v) is 8.64. The van der Waals surface area contributed by atoms with E-state index in [4.69, 9.17) is 9.26 Å². The van der Waals surface area contributed by atoms with E-state index in [1.165, 1.54) is 12.8 Å². The minimum Gasteiger partial charge on any atom is -0.372 e. The van der Waals surface area contributed by atoms with Crippen LogP contribution in [0.5, 0.6) is 0 Å². The quantitative estimate of drug-likeness (QED) is 0.772. The topological polar surface area (TPSA) is 74.9 Å². The Morgan fingerprint density at radius 2 is 2.00 bits per heavy atom. The summed E-state index contributed by atoms with van der Waals surface area (Å²) in [5.41, 5.74) is -0.150. The summed E-state index contributed by atoms with van der Waals surface area (Å²) in [4.78, 5) is 24.1. The average Bonchev–Trinajstić information content (AvgIpc) is 2.96. The summed E-state index contributed by atoms with van der Waals surface area (Å²) in [5.74, 6) is 1.65. The summed E-state index contributed by atoms with van der Waals surface area (Å²) >= 11 is 0. The van der Waals surface area contributed by atoms with E-state index in [0.29, 0.717) is 18.3 Å². The summed E-state index contributed by atoms with van der Waals surface area (Å²) < 4.78 is 11.3. The highest BCUT2D eigenvalue weighted by atomic mass is 16.5. The summed E-state index contributed by atoms with van der Waals surface area (Å²) in [6.45, 7) is 7.58. The third kappa shape index (κ3) is 4.39. The fraction of sp³-hybridized carbons (Fsp3) is 0.850. The highest BCUT2D eigenvalue weighted by molar-refractivity contribution is 5.82. The van der Waals surface area contributed by atoms with Crippen LogP contribution in [0.4, 0.5) is 0 Å². The van der Waals surface area contributed by atoms with Crippen molar-refractivity contribution in [3.63, 3.8) is 0 Å². The van der Waals surface area contributed by atoms with Gasteiger partial charge in [0.15, 0.2) is 5.82 Å². The van der Waals surface area contributed by atoms with Gasteiger partial charge in [-0.25, -0.2) is 0 Å². The minimum absolute atomic E-state index is 0.0572. The smallest absolute Gasteiger partial charge is 0.239 e. The molecule has 8 nitrogen and oxygen atoms in total. The van der Waals surface area contributed by atoms with Crippen LogP contribution in [-0.4, -0.2) is 88.8 Å². The number of aryl methyl sites for hydroxylation is 1. The number of aromatic nitrogens is 2. The number of hydrogen-bond donors (Lipinski definition) is 0. The second-order valence-electron chi connectivity index (χ2n) is 8.64. The monoisotopic (exact) mass is 391 g/mol. The average molecular weight is 392 g/mol. The summed E-state index contributed by atoms with van der Waals surface area (Å²) in [5, 5.41) is 4.02. The molecule has 28 heavy (non-hydrogen) atoms. The van der Waals surface area contributed by atoms with E-state index in [1.807, 2.05) is 6.92 Å². The van der Waals surface area contributed by atoms with Gasteiger partial charge in [0.1, 0.15) is 0 Å². The molecule has 3 saturated heterocycles. The van der Waals surface area contributed by atoms with Crippen molar-refractivity contribution in [1.82, 2.24) is 24.8 Å². The van der Waals surface area contributed by atoms with Gasteiger partial charge >= 0.3 is 0 Å². The number of ether oxygens (including phenoxy) is 1. The lowest BCUT2D eigenvalue weighted by molar-refractivity contribution is -0.154. The van der Waals surface area contributed by atoms with Crippen LogP contribution in [0.15, 0.2) is 4.52 Å². The number of nitrogens with zero attached hydrogens (tertiary/aromatic N) is 5. The number of likely N-dealkylation sites (N-methyl/N-ethyl adjacent to an activating group) is 1. The first kappa shape index (κ1) is 19.8. The maximum absolute atomic E-state index is 13.1. The third-order valence-electron chi connectivity index (χ3n) is 6.55. The van der Waals surface area contributed by atoms with E-state index in [1.54, 1.807) is 0 Å². The molecule has 0 N–H and O–H groups in total. The molecule has 4 heterocycles. The lowest BCUT2D eigenvalue weighted by Gasteiger charge is -2.47. The number of likely N-dealkylation sites (tertiary alicyclic amines) is 2. The molecule has 1 spiro atoms. The third-order valence-corrected chi connectivity index (χ3v) is 6.55. The van der Waals surface area contributed by atoms with Gasteiger partial charge in [-0.05, 0) is 39.3 Å². The van der Waals surface area contributed by atoms with Gasteiger partial charge in [0, 0.05) is 33.1 Å². The molecule has 3 aliphatic heterocycles. The van der Waals surface area contributed by atoms with Gasteiger partial charge in [-0.1, -0.05) is 18.0 Å². The fourth-order valence-corrected chi connectivity index (χ4v) is 4.88. The molecule has 1 unspecified atom stereocenters. The SMILES string of the molecule is Cc1nc(CN2CCOC3(CCN(C(=O)C4CCCCCN4C)CC3)C2)no1. The van der Waals surface area contributed by atoms with Gasteiger partial charge in [0.05, 0.1) is 24.8 Å². The Morgan fingerprint density at radius 1 is 1.18 bits per heavy atom. The summed E-state index contributed by atoms with van der Waals surface area (Å²) in [6, 6.07) is 0.0572. The maximum atomic E-state index is 13.1. The lowest BCUT2D eigenvalue weighted by Crippen LogP contribution is -2.59. The van der Waals surface area contributed by atoms with E-state index in [9.17, 15) is 4.79 Å². The van der Waals surface area contributed by atoms with Crippen LogP contribution >= 0.6 is 0 Å². The van der Waals surface area contributed by atoms with E-state index in [-0.39, 0.29) is 11.6 Å². The van der Waals surface area contributed by atoms with Crippen LogP contribution in [0.1, 0.15) is 50.2 Å². The zero-order valence-electron chi connectivity index (χ0n) is 17.2. The second kappa shape index (κ2) is 8.47. The number of piperidine rings is 1. The Labute approximate surface area is 167 Å². The van der Waals surface area contributed by atoms with Crippen molar-refractivity contribution in [2.75, 3.05) is 46.4 Å². The van der Waals surface area contributed by atoms with Crippen molar-refractivity contribution in [2.45, 2.75) is 63.6 Å². The zero-order chi connectivity index (χ0) is 19.6. The standard InChI is InChI=1S/C20H33N5O3/c1-16-21-18(22-28-16)14-24-12-13-27-20(15-24)7-10-25(11-8-20)19(26)17-6-4-3-5-9-23(17)2/h17H,3-15H2,1-2H3. The molecule has 0 aromatic carbocycles. The molecule has 0 saturated carbocycles. The van der Waals surface area contributed by atoms with Gasteiger partial charge in [-0.2, -0.15) is 4.98 Å². The number of rotatable bonds is 3. The van der Waals surface area contributed by atoms with Crippen molar-refractivity contribution in [2.24, 2.45) is 0 Å². The normalized spacial score (nSPS) is 27.1. The van der Waals surface area contributed by atoms with Crippen LogP contribution in [-0.2, 0) is 16.1 Å². The molecule has 1 aromatic rings. The minimum atomic E-state index is -0.150.